The van der Waals surface area contributed by atoms with Gasteiger partial charge in [0.2, 0.25) is 5.91 Å². The number of carbonyl (C=O) groups is 1. The number of amides is 1. The fraction of sp³-hybridized carbons (Fsp3) is 0.409. The zero-order valence-electron chi connectivity index (χ0n) is 15.2. The molecule has 0 bridgehead atoms. The van der Waals surface area contributed by atoms with Gasteiger partial charge in [0, 0.05) is 41.6 Å². The predicted octanol–water partition coefficient (Wildman–Crippen LogP) is 4.81. The van der Waals surface area contributed by atoms with Crippen molar-refractivity contribution in [3.05, 3.63) is 69.2 Å². The minimum absolute atomic E-state index is 0.0239. The summed E-state index contributed by atoms with van der Waals surface area (Å²) in [5, 5.41) is 4.20. The van der Waals surface area contributed by atoms with Crippen molar-refractivity contribution < 1.29 is 4.79 Å². The molecule has 2 fully saturated rings. The van der Waals surface area contributed by atoms with Crippen LogP contribution in [0.1, 0.15) is 35.8 Å². The van der Waals surface area contributed by atoms with Gasteiger partial charge in [0.25, 0.3) is 0 Å². The summed E-state index contributed by atoms with van der Waals surface area (Å²) >= 11 is 9.66. The standard InChI is InChI=1S/C22H24BrClN2O/c23-21-4-2-1-3-18(21)19-13-25-14-20(19)22(27)26-11-9-16(10-12-26)15-5-7-17(24)8-6-15/h1-8,16,19-20,25H,9-14H2/t19-,20+/m0/s1. The summed E-state index contributed by atoms with van der Waals surface area (Å²) in [6.07, 6.45) is 2.04. The molecular weight excluding hydrogens is 424 g/mol. The number of benzene rings is 2. The lowest BCUT2D eigenvalue weighted by Crippen LogP contribution is -2.43. The number of piperidine rings is 1. The van der Waals surface area contributed by atoms with E-state index >= 15 is 0 Å². The van der Waals surface area contributed by atoms with Crippen LogP contribution in [-0.2, 0) is 4.79 Å². The Kier molecular flexibility index (Phi) is 5.86. The predicted molar refractivity (Wildman–Crippen MR) is 113 cm³/mol. The van der Waals surface area contributed by atoms with Gasteiger partial charge in [-0.3, -0.25) is 4.79 Å². The minimum atomic E-state index is 0.0239. The Morgan fingerprint density at radius 1 is 1.04 bits per heavy atom. The molecule has 0 saturated carbocycles. The lowest BCUT2D eigenvalue weighted by atomic mass is 9.86. The summed E-state index contributed by atoms with van der Waals surface area (Å²) in [5.41, 5.74) is 2.57. The van der Waals surface area contributed by atoms with Gasteiger partial charge in [-0.05, 0) is 48.1 Å². The molecule has 2 aliphatic heterocycles. The second-order valence-corrected chi connectivity index (χ2v) is 8.83. The Labute approximate surface area is 174 Å². The molecule has 2 saturated heterocycles. The van der Waals surface area contributed by atoms with Crippen LogP contribution in [0.2, 0.25) is 5.02 Å². The molecule has 1 N–H and O–H groups in total. The third-order valence-electron chi connectivity index (χ3n) is 5.98. The average molecular weight is 448 g/mol. The first-order valence-electron chi connectivity index (χ1n) is 9.63. The zero-order valence-corrected chi connectivity index (χ0v) is 17.5. The first-order valence-corrected chi connectivity index (χ1v) is 10.8. The number of nitrogens with zero attached hydrogens (tertiary/aromatic N) is 1. The highest BCUT2D eigenvalue weighted by molar-refractivity contribution is 9.10. The summed E-state index contributed by atoms with van der Waals surface area (Å²) in [6.45, 7) is 3.30. The largest absolute Gasteiger partial charge is 0.342 e. The molecule has 3 nitrogen and oxygen atoms in total. The molecule has 2 aliphatic rings. The molecule has 4 rings (SSSR count). The van der Waals surface area contributed by atoms with Gasteiger partial charge in [-0.25, -0.2) is 0 Å². The maximum Gasteiger partial charge on any atom is 0.227 e. The number of halogens is 2. The van der Waals surface area contributed by atoms with Crippen LogP contribution in [0.25, 0.3) is 0 Å². The van der Waals surface area contributed by atoms with Gasteiger partial charge in [-0.1, -0.05) is 57.9 Å². The first-order chi connectivity index (χ1) is 13.1. The van der Waals surface area contributed by atoms with Crippen LogP contribution in [-0.4, -0.2) is 37.0 Å². The van der Waals surface area contributed by atoms with Crippen LogP contribution in [0.5, 0.6) is 0 Å². The molecule has 0 spiro atoms. The molecule has 27 heavy (non-hydrogen) atoms. The third-order valence-corrected chi connectivity index (χ3v) is 6.96. The average Bonchev–Trinajstić information content (AvgIpc) is 3.18. The molecule has 2 aromatic carbocycles. The van der Waals surface area contributed by atoms with Crippen molar-refractivity contribution in [1.82, 2.24) is 10.2 Å². The van der Waals surface area contributed by atoms with Gasteiger partial charge in [-0.2, -0.15) is 0 Å². The Hall–Kier alpha value is -1.36. The number of hydrogen-bond donors (Lipinski definition) is 1. The van der Waals surface area contributed by atoms with E-state index in [9.17, 15) is 4.79 Å². The third kappa shape index (κ3) is 4.08. The summed E-state index contributed by atoms with van der Waals surface area (Å²) < 4.78 is 1.10. The minimum Gasteiger partial charge on any atom is -0.342 e. The maximum atomic E-state index is 13.2. The molecular formula is C22H24BrClN2O. The van der Waals surface area contributed by atoms with Gasteiger partial charge in [0.05, 0.1) is 5.92 Å². The van der Waals surface area contributed by atoms with Crippen molar-refractivity contribution in [3.8, 4) is 0 Å². The van der Waals surface area contributed by atoms with E-state index in [0.717, 1.165) is 48.5 Å². The van der Waals surface area contributed by atoms with E-state index in [1.54, 1.807) is 0 Å². The molecule has 2 heterocycles. The highest BCUT2D eigenvalue weighted by Gasteiger charge is 2.38. The zero-order chi connectivity index (χ0) is 18.8. The molecule has 0 unspecified atom stereocenters. The molecule has 2 atom stereocenters. The Morgan fingerprint density at radius 2 is 1.74 bits per heavy atom. The van der Waals surface area contributed by atoms with Crippen molar-refractivity contribution in [1.29, 1.82) is 0 Å². The van der Waals surface area contributed by atoms with Crippen LogP contribution in [0.15, 0.2) is 53.0 Å². The SMILES string of the molecule is O=C([C@@H]1CNC[C@H]1c1ccccc1Br)N1CCC(c2ccc(Cl)cc2)CC1. The molecule has 0 aromatic heterocycles. The van der Waals surface area contributed by atoms with E-state index in [0.29, 0.717) is 11.8 Å². The van der Waals surface area contributed by atoms with Gasteiger partial charge in [0.1, 0.15) is 0 Å². The maximum absolute atomic E-state index is 13.2. The van der Waals surface area contributed by atoms with Crippen molar-refractivity contribution in [3.63, 3.8) is 0 Å². The van der Waals surface area contributed by atoms with Crippen molar-refractivity contribution in [2.45, 2.75) is 24.7 Å². The smallest absolute Gasteiger partial charge is 0.227 e. The Balaban J connectivity index is 1.41. The number of rotatable bonds is 3. The number of hydrogen-bond acceptors (Lipinski definition) is 2. The van der Waals surface area contributed by atoms with Crippen molar-refractivity contribution >= 4 is 33.4 Å². The fourth-order valence-electron chi connectivity index (χ4n) is 4.44. The molecule has 1 amide bonds. The van der Waals surface area contributed by atoms with Gasteiger partial charge < -0.3 is 10.2 Å². The summed E-state index contributed by atoms with van der Waals surface area (Å²) in [6, 6.07) is 16.4. The van der Waals surface area contributed by atoms with Crippen molar-refractivity contribution in [2.24, 2.45) is 5.92 Å². The van der Waals surface area contributed by atoms with Crippen LogP contribution < -0.4 is 5.32 Å². The quantitative estimate of drug-likeness (QED) is 0.732. The van der Waals surface area contributed by atoms with Gasteiger partial charge in [0.15, 0.2) is 0 Å². The van der Waals surface area contributed by atoms with E-state index in [4.69, 9.17) is 11.6 Å². The fourth-order valence-corrected chi connectivity index (χ4v) is 5.15. The first kappa shape index (κ1) is 19.0. The van der Waals surface area contributed by atoms with E-state index in [-0.39, 0.29) is 11.8 Å². The van der Waals surface area contributed by atoms with E-state index < -0.39 is 0 Å². The Morgan fingerprint density at radius 3 is 2.44 bits per heavy atom. The summed E-state index contributed by atoms with van der Waals surface area (Å²) in [4.78, 5) is 15.3. The number of likely N-dealkylation sites (tertiary alicyclic amines) is 1. The summed E-state index contributed by atoms with van der Waals surface area (Å²) in [7, 11) is 0. The molecule has 142 valence electrons. The topological polar surface area (TPSA) is 32.3 Å². The second kappa shape index (κ2) is 8.34. The van der Waals surface area contributed by atoms with E-state index in [2.05, 4.69) is 56.5 Å². The number of carbonyl (C=O) groups excluding carboxylic acids is 1. The van der Waals surface area contributed by atoms with Gasteiger partial charge in [-0.15, -0.1) is 0 Å². The van der Waals surface area contributed by atoms with Crippen LogP contribution >= 0.6 is 27.5 Å². The normalized spacial score (nSPS) is 23.6. The van der Waals surface area contributed by atoms with Crippen LogP contribution in [0, 0.1) is 5.92 Å². The highest BCUT2D eigenvalue weighted by atomic mass is 79.9. The lowest BCUT2D eigenvalue weighted by Gasteiger charge is -2.35. The molecule has 2 aromatic rings. The highest BCUT2D eigenvalue weighted by Crippen LogP contribution is 2.35. The van der Waals surface area contributed by atoms with Gasteiger partial charge >= 0.3 is 0 Å². The lowest BCUT2D eigenvalue weighted by molar-refractivity contribution is -0.136. The van der Waals surface area contributed by atoms with Crippen molar-refractivity contribution in [2.75, 3.05) is 26.2 Å². The van der Waals surface area contributed by atoms with Crippen LogP contribution in [0.4, 0.5) is 0 Å². The molecule has 5 heteroatoms. The second-order valence-electron chi connectivity index (χ2n) is 7.54. The summed E-state index contributed by atoms with van der Waals surface area (Å²) in [5.74, 6) is 1.08. The van der Waals surface area contributed by atoms with E-state index in [1.807, 2.05) is 18.2 Å². The Bertz CT molecular complexity index is 802. The van der Waals surface area contributed by atoms with E-state index in [1.165, 1.54) is 11.1 Å². The molecule has 0 radical (unpaired) electrons. The van der Waals surface area contributed by atoms with Crippen LogP contribution in [0.3, 0.4) is 0 Å². The number of nitrogens with one attached hydrogen (secondary N) is 1. The monoisotopic (exact) mass is 446 g/mol. The molecule has 0 aliphatic carbocycles.